The summed E-state index contributed by atoms with van der Waals surface area (Å²) in [5.74, 6) is 1.19. The van der Waals surface area contributed by atoms with Gasteiger partial charge in [0.25, 0.3) is 0 Å². The van der Waals surface area contributed by atoms with Crippen LogP contribution in [-0.2, 0) is 6.18 Å². The normalized spacial score (nSPS) is 21.4. The molecule has 0 saturated heterocycles. The van der Waals surface area contributed by atoms with Crippen molar-refractivity contribution < 1.29 is 18.3 Å². The summed E-state index contributed by atoms with van der Waals surface area (Å²) in [7, 11) is 0. The molecule has 1 aliphatic carbocycles. The lowest BCUT2D eigenvalue weighted by Gasteiger charge is -2.25. The topological polar surface area (TPSA) is 50.4 Å². The summed E-state index contributed by atoms with van der Waals surface area (Å²) in [6, 6.07) is 8.84. The molecule has 1 fully saturated rings. The lowest BCUT2D eigenvalue weighted by atomic mass is 10.1. The molecule has 3 heterocycles. The summed E-state index contributed by atoms with van der Waals surface area (Å²) in [6.45, 7) is 0. The largest absolute Gasteiger partial charge is 0.416 e. The van der Waals surface area contributed by atoms with Gasteiger partial charge in [0.15, 0.2) is 5.82 Å². The van der Waals surface area contributed by atoms with Crippen LogP contribution in [0.3, 0.4) is 0 Å². The fourth-order valence-corrected chi connectivity index (χ4v) is 6.98. The van der Waals surface area contributed by atoms with Crippen LogP contribution in [-0.4, -0.2) is 19.1 Å². The second-order valence-corrected chi connectivity index (χ2v) is 10.0. The van der Waals surface area contributed by atoms with Gasteiger partial charge in [0.2, 0.25) is 0 Å². The van der Waals surface area contributed by atoms with Crippen LogP contribution in [0.25, 0.3) is 10.4 Å². The second kappa shape index (κ2) is 6.47. The Kier molecular flexibility index (Phi) is 4.15. The van der Waals surface area contributed by atoms with E-state index in [2.05, 4.69) is 9.98 Å². The molecule has 3 aromatic rings. The van der Waals surface area contributed by atoms with Crippen LogP contribution in [0.2, 0.25) is 0 Å². The lowest BCUT2D eigenvalue weighted by Crippen LogP contribution is -2.10. The fraction of sp³-hybridized carbons (Fsp3) is 0.263. The van der Waals surface area contributed by atoms with E-state index < -0.39 is 28.3 Å². The van der Waals surface area contributed by atoms with Crippen LogP contribution < -0.4 is 0 Å². The molecule has 0 radical (unpaired) electrons. The van der Waals surface area contributed by atoms with E-state index in [-0.39, 0.29) is 0 Å². The third-order valence-electron chi connectivity index (χ3n) is 4.83. The summed E-state index contributed by atoms with van der Waals surface area (Å²) in [6.07, 6.45) is 1.19. The number of aliphatic hydroxyl groups excluding tert-OH is 1. The maximum absolute atomic E-state index is 13.0. The molecule has 1 N–H and O–H groups in total. The Hall–Kier alpha value is -2.10. The number of aliphatic hydroxyl groups is 1. The molecule has 5 rings (SSSR count). The molecule has 1 aromatic carbocycles. The van der Waals surface area contributed by atoms with E-state index in [4.69, 9.17) is 0 Å². The van der Waals surface area contributed by atoms with Gasteiger partial charge in [-0.25, -0.2) is 9.98 Å². The van der Waals surface area contributed by atoms with Crippen molar-refractivity contribution in [3.63, 3.8) is 0 Å². The highest BCUT2D eigenvalue weighted by atomic mass is 32.2. The number of aliphatic imine (C=N–C) groups is 1. The maximum Gasteiger partial charge on any atom is 0.416 e. The van der Waals surface area contributed by atoms with Crippen molar-refractivity contribution in [3.8, 4) is 10.4 Å². The Morgan fingerprint density at radius 3 is 2.79 bits per heavy atom. The molecular weight excluding hydrogens is 407 g/mol. The van der Waals surface area contributed by atoms with E-state index in [0.717, 1.165) is 40.7 Å². The van der Waals surface area contributed by atoms with Crippen molar-refractivity contribution in [2.45, 2.75) is 24.5 Å². The van der Waals surface area contributed by atoms with E-state index in [1.165, 1.54) is 17.4 Å². The van der Waals surface area contributed by atoms with Crippen molar-refractivity contribution in [2.24, 2.45) is 10.9 Å². The van der Waals surface area contributed by atoms with Crippen molar-refractivity contribution >= 4 is 33.3 Å². The lowest BCUT2D eigenvalue weighted by molar-refractivity contribution is -0.137. The number of benzene rings is 1. The number of halogens is 3. The molecule has 2 aromatic heterocycles. The Bertz CT molecular complexity index is 1070. The first-order valence-corrected chi connectivity index (χ1v) is 11.0. The van der Waals surface area contributed by atoms with Crippen LogP contribution in [0.4, 0.5) is 19.0 Å². The molecular formula is C19H16F3N3OS2. The van der Waals surface area contributed by atoms with E-state index in [0.29, 0.717) is 16.4 Å². The van der Waals surface area contributed by atoms with Gasteiger partial charge < -0.3 is 5.11 Å². The molecule has 9 heteroatoms. The van der Waals surface area contributed by atoms with Crippen molar-refractivity contribution in [2.75, 3.05) is 0 Å². The van der Waals surface area contributed by atoms with E-state index in [9.17, 15) is 18.3 Å². The average molecular weight is 423 g/mol. The molecule has 2 unspecified atom stereocenters. The second-order valence-electron chi connectivity index (χ2n) is 6.84. The Labute approximate surface area is 165 Å². The minimum Gasteiger partial charge on any atom is -0.377 e. The SMILES string of the molecule is OC(c1ccc(-c2cccc(C(F)(F)F)c2)s1)[SH]1C(C2CC2)=Nc2cncn21. The third-order valence-corrected chi connectivity index (χ3v) is 8.64. The third kappa shape index (κ3) is 3.07. The highest BCUT2D eigenvalue weighted by Gasteiger charge is 2.39. The van der Waals surface area contributed by atoms with Crippen molar-refractivity contribution in [3.05, 3.63) is 59.4 Å². The number of hydrogen-bond donors (Lipinski definition) is 2. The highest BCUT2D eigenvalue weighted by Crippen LogP contribution is 2.57. The molecule has 28 heavy (non-hydrogen) atoms. The minimum absolute atomic E-state index is 0.420. The zero-order valence-electron chi connectivity index (χ0n) is 14.5. The number of thiol groups is 1. The maximum atomic E-state index is 13.0. The number of hydrogen-bond acceptors (Lipinski definition) is 4. The van der Waals surface area contributed by atoms with Gasteiger partial charge in [0.1, 0.15) is 11.8 Å². The summed E-state index contributed by atoms with van der Waals surface area (Å²) >= 11 is 0.230. The smallest absolute Gasteiger partial charge is 0.377 e. The average Bonchev–Trinajstić information content (AvgIpc) is 3.07. The number of rotatable bonds is 4. The van der Waals surface area contributed by atoms with Gasteiger partial charge in [0, 0.05) is 15.7 Å². The predicted molar refractivity (Wildman–Crippen MR) is 106 cm³/mol. The highest BCUT2D eigenvalue weighted by molar-refractivity contribution is 8.29. The molecule has 1 saturated carbocycles. The standard InChI is InChI=1S/C19H16F3N3OS2/c20-19(21,22)13-3-1-2-12(8-13)14-6-7-15(27-14)18(26)28-17(11-4-5-11)24-16-9-23-10-25(16)28/h1-3,6-11,18,26,28H,4-5H2. The zero-order valence-corrected chi connectivity index (χ0v) is 16.2. The first-order chi connectivity index (χ1) is 13.4. The number of fused-ring (bicyclic) bond motifs is 1. The molecule has 146 valence electrons. The van der Waals surface area contributed by atoms with Crippen LogP contribution >= 0.6 is 22.4 Å². The molecule has 1 aliphatic heterocycles. The number of thiophene rings is 1. The first-order valence-electron chi connectivity index (χ1n) is 8.78. The van der Waals surface area contributed by atoms with E-state index >= 15 is 0 Å². The van der Waals surface area contributed by atoms with E-state index in [1.807, 2.05) is 3.97 Å². The van der Waals surface area contributed by atoms with Crippen molar-refractivity contribution in [1.82, 2.24) is 8.96 Å². The molecule has 0 spiro atoms. The fourth-order valence-electron chi connectivity index (χ4n) is 3.29. The first kappa shape index (κ1) is 18.0. The number of aromatic nitrogens is 2. The van der Waals surface area contributed by atoms with Gasteiger partial charge in [-0.1, -0.05) is 23.2 Å². The zero-order chi connectivity index (χ0) is 19.5. The Balaban J connectivity index is 1.46. The summed E-state index contributed by atoms with van der Waals surface area (Å²) < 4.78 is 40.9. The summed E-state index contributed by atoms with van der Waals surface area (Å²) in [5, 5.41) is 12.1. The van der Waals surface area contributed by atoms with Gasteiger partial charge in [-0.05, 0) is 42.7 Å². The molecule has 2 aliphatic rings. The van der Waals surface area contributed by atoms with Gasteiger partial charge in [-0.15, -0.1) is 11.3 Å². The number of nitrogens with zero attached hydrogens (tertiary/aromatic N) is 3. The van der Waals surface area contributed by atoms with Crippen LogP contribution in [0.15, 0.2) is 53.9 Å². The van der Waals surface area contributed by atoms with Crippen LogP contribution in [0, 0.1) is 5.92 Å². The Morgan fingerprint density at radius 1 is 1.21 bits per heavy atom. The number of imidazole rings is 1. The molecule has 4 nitrogen and oxygen atoms in total. The van der Waals surface area contributed by atoms with Crippen LogP contribution in [0.1, 0.15) is 28.7 Å². The molecule has 0 bridgehead atoms. The predicted octanol–water partition coefficient (Wildman–Crippen LogP) is 5.54. The monoisotopic (exact) mass is 423 g/mol. The molecule has 2 atom stereocenters. The number of alkyl halides is 3. The summed E-state index contributed by atoms with van der Waals surface area (Å²) in [5.41, 5.74) is -0.932. The summed E-state index contributed by atoms with van der Waals surface area (Å²) in [4.78, 5) is 10.2. The van der Waals surface area contributed by atoms with Gasteiger partial charge in [-0.2, -0.15) is 13.2 Å². The van der Waals surface area contributed by atoms with Crippen molar-refractivity contribution in [1.29, 1.82) is 0 Å². The van der Waals surface area contributed by atoms with Gasteiger partial charge in [0.05, 0.1) is 16.8 Å². The molecule has 0 amide bonds. The van der Waals surface area contributed by atoms with Crippen LogP contribution in [0.5, 0.6) is 0 Å². The Morgan fingerprint density at radius 2 is 2.04 bits per heavy atom. The van der Waals surface area contributed by atoms with Gasteiger partial charge >= 0.3 is 6.18 Å². The van der Waals surface area contributed by atoms with Gasteiger partial charge in [-0.3, -0.25) is 3.97 Å². The minimum atomic E-state index is -4.38. The quantitative estimate of drug-likeness (QED) is 0.542. The van der Waals surface area contributed by atoms with E-state index in [1.54, 1.807) is 30.7 Å².